The van der Waals surface area contributed by atoms with Crippen molar-refractivity contribution in [3.63, 3.8) is 0 Å². The van der Waals surface area contributed by atoms with Crippen molar-refractivity contribution < 1.29 is 0 Å². The molecule has 0 aliphatic heterocycles. The smallest absolute Gasteiger partial charge is 0.146 e. The summed E-state index contributed by atoms with van der Waals surface area (Å²) in [7, 11) is 1.87. The van der Waals surface area contributed by atoms with Gasteiger partial charge in [0.1, 0.15) is 17.5 Å². The fourth-order valence-electron chi connectivity index (χ4n) is 0.920. The quantitative estimate of drug-likeness (QED) is 0.658. The van der Waals surface area contributed by atoms with Gasteiger partial charge < -0.3 is 5.32 Å². The minimum atomic E-state index is 0.699. The number of hydrogen-bond acceptors (Lipinski definition) is 4. The highest BCUT2D eigenvalue weighted by atomic mass is 15.0. The predicted molar refractivity (Wildman–Crippen MR) is 42.1 cm³/mol. The van der Waals surface area contributed by atoms with E-state index in [1.165, 1.54) is 0 Å². The zero-order valence-corrected chi connectivity index (χ0v) is 7.05. The molecule has 0 aliphatic carbocycles. The summed E-state index contributed by atoms with van der Waals surface area (Å²) in [6.45, 7) is 4.44. The molecule has 0 amide bonds. The Morgan fingerprint density at radius 2 is 1.64 bits per heavy atom. The van der Waals surface area contributed by atoms with Crippen LogP contribution in [0.3, 0.4) is 0 Å². The average molecular weight is 152 g/mol. The molecule has 0 aromatic carbocycles. The zero-order chi connectivity index (χ0) is 8.27. The van der Waals surface area contributed by atoms with E-state index in [2.05, 4.69) is 20.3 Å². The molecule has 4 heteroatoms. The van der Waals surface area contributed by atoms with E-state index in [-0.39, 0.29) is 0 Å². The summed E-state index contributed by atoms with van der Waals surface area (Å²) in [5.41, 5.74) is 0. The fraction of sp³-hybridized carbons (Fsp3) is 0.571. The zero-order valence-electron chi connectivity index (χ0n) is 7.05. The highest BCUT2D eigenvalue weighted by Gasteiger charge is 1.97. The van der Waals surface area contributed by atoms with Crippen LogP contribution >= 0.6 is 0 Å². The molecule has 0 saturated carbocycles. The summed E-state index contributed by atoms with van der Waals surface area (Å²) < 4.78 is 0. The Labute approximate surface area is 66.1 Å². The molecular formula is C7H12N4. The van der Waals surface area contributed by atoms with Crippen molar-refractivity contribution in [3.8, 4) is 0 Å². The first-order valence-electron chi connectivity index (χ1n) is 3.55. The fourth-order valence-corrected chi connectivity index (χ4v) is 0.920. The Morgan fingerprint density at radius 3 is 2.09 bits per heavy atom. The van der Waals surface area contributed by atoms with Gasteiger partial charge in [-0.25, -0.2) is 15.0 Å². The van der Waals surface area contributed by atoms with E-state index in [1.807, 2.05) is 20.9 Å². The van der Waals surface area contributed by atoms with Crippen LogP contribution in [0.1, 0.15) is 17.5 Å². The van der Waals surface area contributed by atoms with Crippen molar-refractivity contribution in [2.75, 3.05) is 7.05 Å². The summed E-state index contributed by atoms with van der Waals surface area (Å²) in [5.74, 6) is 2.36. The van der Waals surface area contributed by atoms with Crippen molar-refractivity contribution in [1.29, 1.82) is 0 Å². The third-order valence-electron chi connectivity index (χ3n) is 1.24. The molecule has 0 atom stereocenters. The van der Waals surface area contributed by atoms with Gasteiger partial charge in [-0.05, 0) is 20.9 Å². The lowest BCUT2D eigenvalue weighted by Crippen LogP contribution is -2.11. The molecule has 0 fully saturated rings. The van der Waals surface area contributed by atoms with Gasteiger partial charge in [-0.3, -0.25) is 0 Å². The van der Waals surface area contributed by atoms with E-state index < -0.39 is 0 Å². The lowest BCUT2D eigenvalue weighted by molar-refractivity contribution is 0.727. The van der Waals surface area contributed by atoms with Gasteiger partial charge in [0.25, 0.3) is 0 Å². The second kappa shape index (κ2) is 3.39. The normalized spacial score (nSPS) is 10.1. The number of rotatable bonds is 2. The van der Waals surface area contributed by atoms with E-state index in [4.69, 9.17) is 0 Å². The van der Waals surface area contributed by atoms with Crippen LogP contribution < -0.4 is 5.32 Å². The topological polar surface area (TPSA) is 50.7 Å². The van der Waals surface area contributed by atoms with Crippen LogP contribution in [-0.2, 0) is 6.54 Å². The second-order valence-electron chi connectivity index (χ2n) is 2.38. The van der Waals surface area contributed by atoms with Gasteiger partial charge in [-0.2, -0.15) is 0 Å². The largest absolute Gasteiger partial charge is 0.313 e. The summed E-state index contributed by atoms with van der Waals surface area (Å²) in [5, 5.41) is 2.99. The standard InChI is InChI=1S/C7H12N4/c1-5-9-6(2)11-7(10-5)4-8-3/h8H,4H2,1-3H3. The molecule has 0 saturated heterocycles. The molecule has 60 valence electrons. The number of hydrogen-bond donors (Lipinski definition) is 1. The number of nitrogens with zero attached hydrogens (tertiary/aromatic N) is 3. The molecule has 1 aromatic heterocycles. The van der Waals surface area contributed by atoms with Crippen LogP contribution in [0.5, 0.6) is 0 Å². The minimum Gasteiger partial charge on any atom is -0.313 e. The Hall–Kier alpha value is -1.03. The van der Waals surface area contributed by atoms with E-state index in [0.717, 1.165) is 17.5 Å². The van der Waals surface area contributed by atoms with E-state index in [9.17, 15) is 0 Å². The van der Waals surface area contributed by atoms with Gasteiger partial charge in [-0.15, -0.1) is 0 Å². The summed E-state index contributed by atoms with van der Waals surface area (Å²) >= 11 is 0. The third kappa shape index (κ3) is 2.23. The molecule has 1 aromatic rings. The molecule has 0 bridgehead atoms. The Balaban J connectivity index is 2.89. The van der Waals surface area contributed by atoms with Gasteiger partial charge in [0.2, 0.25) is 0 Å². The van der Waals surface area contributed by atoms with E-state index in [0.29, 0.717) is 6.54 Å². The lowest BCUT2D eigenvalue weighted by atomic mass is 10.5. The maximum Gasteiger partial charge on any atom is 0.146 e. The second-order valence-corrected chi connectivity index (χ2v) is 2.38. The van der Waals surface area contributed by atoms with Crippen molar-refractivity contribution in [1.82, 2.24) is 20.3 Å². The first kappa shape index (κ1) is 8.07. The van der Waals surface area contributed by atoms with Gasteiger partial charge in [-0.1, -0.05) is 0 Å². The average Bonchev–Trinajstić information content (AvgIpc) is 1.85. The van der Waals surface area contributed by atoms with Crippen molar-refractivity contribution in [2.45, 2.75) is 20.4 Å². The molecule has 1 N–H and O–H groups in total. The molecule has 0 aliphatic rings. The van der Waals surface area contributed by atoms with Crippen molar-refractivity contribution >= 4 is 0 Å². The maximum absolute atomic E-state index is 4.14. The number of nitrogens with one attached hydrogen (secondary N) is 1. The van der Waals surface area contributed by atoms with Crippen LogP contribution in [0, 0.1) is 13.8 Å². The minimum absolute atomic E-state index is 0.699. The molecule has 0 radical (unpaired) electrons. The van der Waals surface area contributed by atoms with E-state index >= 15 is 0 Å². The number of aryl methyl sites for hydroxylation is 2. The first-order chi connectivity index (χ1) is 5.22. The summed E-state index contributed by atoms with van der Waals surface area (Å²) in [6.07, 6.45) is 0. The maximum atomic E-state index is 4.14. The Kier molecular flexibility index (Phi) is 2.48. The first-order valence-corrected chi connectivity index (χ1v) is 3.55. The number of aromatic nitrogens is 3. The monoisotopic (exact) mass is 152 g/mol. The molecule has 1 rings (SSSR count). The van der Waals surface area contributed by atoms with Crippen molar-refractivity contribution in [2.24, 2.45) is 0 Å². The third-order valence-corrected chi connectivity index (χ3v) is 1.24. The van der Waals surface area contributed by atoms with Crippen molar-refractivity contribution in [3.05, 3.63) is 17.5 Å². The summed E-state index contributed by atoms with van der Waals surface area (Å²) in [4.78, 5) is 12.3. The van der Waals surface area contributed by atoms with E-state index in [1.54, 1.807) is 0 Å². The highest BCUT2D eigenvalue weighted by molar-refractivity contribution is 4.93. The molecule has 11 heavy (non-hydrogen) atoms. The van der Waals surface area contributed by atoms with Gasteiger partial charge >= 0.3 is 0 Å². The van der Waals surface area contributed by atoms with Crippen LogP contribution in [0.2, 0.25) is 0 Å². The SMILES string of the molecule is CNCc1nc(C)nc(C)n1. The molecule has 0 spiro atoms. The summed E-state index contributed by atoms with van der Waals surface area (Å²) in [6, 6.07) is 0. The Bertz CT molecular complexity index is 226. The van der Waals surface area contributed by atoms with Gasteiger partial charge in [0, 0.05) is 0 Å². The molecule has 1 heterocycles. The van der Waals surface area contributed by atoms with Gasteiger partial charge in [0.05, 0.1) is 6.54 Å². The Morgan fingerprint density at radius 1 is 1.09 bits per heavy atom. The lowest BCUT2D eigenvalue weighted by Gasteiger charge is -2.00. The van der Waals surface area contributed by atoms with Crippen LogP contribution in [0.4, 0.5) is 0 Å². The molecular weight excluding hydrogens is 140 g/mol. The highest BCUT2D eigenvalue weighted by Crippen LogP contribution is 1.92. The molecule has 0 unspecified atom stereocenters. The van der Waals surface area contributed by atoms with Crippen LogP contribution in [-0.4, -0.2) is 22.0 Å². The molecule has 4 nitrogen and oxygen atoms in total. The van der Waals surface area contributed by atoms with Crippen LogP contribution in [0.15, 0.2) is 0 Å². The van der Waals surface area contributed by atoms with Crippen LogP contribution in [0.25, 0.3) is 0 Å². The van der Waals surface area contributed by atoms with Gasteiger partial charge in [0.15, 0.2) is 0 Å². The predicted octanol–water partition coefficient (Wildman–Crippen LogP) is 0.208.